The van der Waals surface area contributed by atoms with E-state index in [1.54, 1.807) is 13.2 Å². The maximum atomic E-state index is 12.2. The number of benzene rings is 1. The number of carbonyl (C=O) groups is 1. The number of methoxy groups -OCH3 is 1. The number of thioether (sulfide) groups is 1. The van der Waals surface area contributed by atoms with Crippen LogP contribution in [0, 0.1) is 6.92 Å². The van der Waals surface area contributed by atoms with Crippen molar-refractivity contribution in [3.05, 3.63) is 29.3 Å². The molecule has 0 amide bonds. The van der Waals surface area contributed by atoms with Crippen molar-refractivity contribution in [1.29, 1.82) is 0 Å². The highest BCUT2D eigenvalue weighted by Crippen LogP contribution is 2.26. The van der Waals surface area contributed by atoms with Crippen LogP contribution in [0.5, 0.6) is 5.75 Å². The van der Waals surface area contributed by atoms with Gasteiger partial charge in [0.05, 0.1) is 18.4 Å². The number of ether oxygens (including phenoxy) is 1. The van der Waals surface area contributed by atoms with Crippen molar-refractivity contribution >= 4 is 34.0 Å². The summed E-state index contributed by atoms with van der Waals surface area (Å²) in [5.41, 5.74) is 7.10. The standard InChI is InChI=1S/C12H13N3O2S2/c1-7-3-4-10(17-2)8(5-7)9(16)6-18-12-15-14-11(13)19-12/h3-5H,6H2,1-2H3,(H2,13,14). The van der Waals surface area contributed by atoms with E-state index in [9.17, 15) is 4.79 Å². The first-order valence-corrected chi connectivity index (χ1v) is 7.30. The van der Waals surface area contributed by atoms with Gasteiger partial charge in [-0.1, -0.05) is 34.7 Å². The largest absolute Gasteiger partial charge is 0.496 e. The van der Waals surface area contributed by atoms with Crippen molar-refractivity contribution in [3.8, 4) is 5.75 Å². The summed E-state index contributed by atoms with van der Waals surface area (Å²) in [6.45, 7) is 1.94. The summed E-state index contributed by atoms with van der Waals surface area (Å²) in [7, 11) is 1.56. The van der Waals surface area contributed by atoms with Gasteiger partial charge in [-0.2, -0.15) is 0 Å². The van der Waals surface area contributed by atoms with E-state index in [4.69, 9.17) is 10.5 Å². The number of nitrogen functional groups attached to an aromatic ring is 1. The zero-order valence-corrected chi connectivity index (χ0v) is 12.2. The summed E-state index contributed by atoms with van der Waals surface area (Å²) >= 11 is 2.60. The van der Waals surface area contributed by atoms with Gasteiger partial charge in [-0.3, -0.25) is 4.79 Å². The van der Waals surface area contributed by atoms with Crippen LogP contribution in [0.25, 0.3) is 0 Å². The Labute approximate surface area is 119 Å². The fourth-order valence-corrected chi connectivity index (χ4v) is 3.04. The molecule has 0 spiro atoms. The number of nitrogens with two attached hydrogens (primary N) is 1. The Morgan fingerprint density at radius 3 is 2.89 bits per heavy atom. The summed E-state index contributed by atoms with van der Waals surface area (Å²) in [6, 6.07) is 5.54. The molecular formula is C12H13N3O2S2. The molecule has 2 aromatic rings. The molecule has 2 N–H and O–H groups in total. The average molecular weight is 295 g/mol. The van der Waals surface area contributed by atoms with Gasteiger partial charge in [0.15, 0.2) is 10.1 Å². The van der Waals surface area contributed by atoms with Gasteiger partial charge in [-0.05, 0) is 19.1 Å². The Kier molecular flexibility index (Phi) is 4.39. The first kappa shape index (κ1) is 13.8. The van der Waals surface area contributed by atoms with Crippen LogP contribution in [-0.4, -0.2) is 28.8 Å². The van der Waals surface area contributed by atoms with Crippen LogP contribution in [0.1, 0.15) is 15.9 Å². The Hall–Kier alpha value is -1.60. The van der Waals surface area contributed by atoms with Crippen LogP contribution < -0.4 is 10.5 Å². The van der Waals surface area contributed by atoms with Crippen molar-refractivity contribution in [2.45, 2.75) is 11.3 Å². The van der Waals surface area contributed by atoms with Gasteiger partial charge in [-0.15, -0.1) is 10.2 Å². The van der Waals surface area contributed by atoms with Crippen molar-refractivity contribution in [1.82, 2.24) is 10.2 Å². The zero-order valence-electron chi connectivity index (χ0n) is 10.5. The Morgan fingerprint density at radius 2 is 2.26 bits per heavy atom. The molecule has 0 aliphatic rings. The number of hydrogen-bond donors (Lipinski definition) is 1. The predicted octanol–water partition coefficient (Wildman–Crippen LogP) is 2.41. The number of Topliss-reactive ketones (excluding diaryl/α,β-unsaturated/α-hetero) is 1. The number of rotatable bonds is 5. The molecule has 100 valence electrons. The van der Waals surface area contributed by atoms with Crippen LogP contribution >= 0.6 is 23.1 Å². The molecule has 0 aliphatic carbocycles. The van der Waals surface area contributed by atoms with Crippen LogP contribution in [0.2, 0.25) is 0 Å². The van der Waals surface area contributed by atoms with Gasteiger partial charge in [-0.25, -0.2) is 0 Å². The first-order chi connectivity index (χ1) is 9.10. The second-order valence-electron chi connectivity index (χ2n) is 3.82. The Morgan fingerprint density at radius 1 is 1.47 bits per heavy atom. The number of anilines is 1. The van der Waals surface area contributed by atoms with Crippen LogP contribution in [-0.2, 0) is 0 Å². The van der Waals surface area contributed by atoms with Gasteiger partial charge in [0.2, 0.25) is 5.13 Å². The molecule has 7 heteroatoms. The van der Waals surface area contributed by atoms with Crippen molar-refractivity contribution < 1.29 is 9.53 Å². The molecule has 0 fully saturated rings. The van der Waals surface area contributed by atoms with Gasteiger partial charge in [0.1, 0.15) is 5.75 Å². The highest BCUT2D eigenvalue weighted by molar-refractivity contribution is 8.01. The Balaban J connectivity index is 2.09. The zero-order chi connectivity index (χ0) is 13.8. The fraction of sp³-hybridized carbons (Fsp3) is 0.250. The highest BCUT2D eigenvalue weighted by atomic mass is 32.2. The van der Waals surface area contributed by atoms with E-state index in [2.05, 4.69) is 10.2 Å². The minimum absolute atomic E-state index is 0.000628. The Bertz CT molecular complexity index is 598. The van der Waals surface area contributed by atoms with Crippen molar-refractivity contribution in [2.24, 2.45) is 0 Å². The van der Waals surface area contributed by atoms with E-state index in [0.29, 0.717) is 20.8 Å². The summed E-state index contributed by atoms with van der Waals surface area (Å²) in [4.78, 5) is 12.2. The van der Waals surface area contributed by atoms with E-state index in [1.165, 1.54) is 23.1 Å². The predicted molar refractivity (Wildman–Crippen MR) is 77.1 cm³/mol. The maximum absolute atomic E-state index is 12.2. The molecule has 5 nitrogen and oxygen atoms in total. The van der Waals surface area contributed by atoms with Gasteiger partial charge in [0, 0.05) is 0 Å². The first-order valence-electron chi connectivity index (χ1n) is 5.50. The number of carbonyl (C=O) groups excluding carboxylic acids is 1. The van der Waals surface area contributed by atoms with E-state index in [-0.39, 0.29) is 11.5 Å². The third-order valence-electron chi connectivity index (χ3n) is 2.40. The third-order valence-corrected chi connectivity index (χ3v) is 4.29. The summed E-state index contributed by atoms with van der Waals surface area (Å²) in [5.74, 6) is 0.876. The van der Waals surface area contributed by atoms with E-state index in [0.717, 1.165) is 5.56 Å². The van der Waals surface area contributed by atoms with E-state index < -0.39 is 0 Å². The molecule has 0 bridgehead atoms. The van der Waals surface area contributed by atoms with Crippen molar-refractivity contribution in [3.63, 3.8) is 0 Å². The molecule has 1 heterocycles. The number of aromatic nitrogens is 2. The smallest absolute Gasteiger partial charge is 0.203 e. The third kappa shape index (κ3) is 3.45. The monoisotopic (exact) mass is 295 g/mol. The molecule has 0 unspecified atom stereocenters. The van der Waals surface area contributed by atoms with Gasteiger partial charge >= 0.3 is 0 Å². The number of hydrogen-bond acceptors (Lipinski definition) is 7. The van der Waals surface area contributed by atoms with Crippen LogP contribution in [0.4, 0.5) is 5.13 Å². The molecule has 19 heavy (non-hydrogen) atoms. The second kappa shape index (κ2) is 6.03. The molecule has 2 rings (SSSR count). The number of aryl methyl sites for hydroxylation is 1. The highest BCUT2D eigenvalue weighted by Gasteiger charge is 2.14. The lowest BCUT2D eigenvalue weighted by atomic mass is 10.1. The average Bonchev–Trinajstić information content (AvgIpc) is 2.81. The van der Waals surface area contributed by atoms with Crippen LogP contribution in [0.3, 0.4) is 0 Å². The quantitative estimate of drug-likeness (QED) is 0.674. The second-order valence-corrected chi connectivity index (χ2v) is 6.05. The molecule has 0 aliphatic heterocycles. The summed E-state index contributed by atoms with van der Waals surface area (Å²) < 4.78 is 5.89. The summed E-state index contributed by atoms with van der Waals surface area (Å²) in [5, 5.41) is 7.97. The van der Waals surface area contributed by atoms with Crippen molar-refractivity contribution in [2.75, 3.05) is 18.6 Å². The number of ketones is 1. The molecule has 0 radical (unpaired) electrons. The number of nitrogens with zero attached hydrogens (tertiary/aromatic N) is 2. The lowest BCUT2D eigenvalue weighted by Gasteiger charge is -2.07. The van der Waals surface area contributed by atoms with E-state index in [1.807, 2.05) is 19.1 Å². The molecule has 0 saturated carbocycles. The summed E-state index contributed by atoms with van der Waals surface area (Å²) in [6.07, 6.45) is 0. The van der Waals surface area contributed by atoms with E-state index >= 15 is 0 Å². The van der Waals surface area contributed by atoms with Gasteiger partial charge < -0.3 is 10.5 Å². The maximum Gasteiger partial charge on any atom is 0.203 e. The van der Waals surface area contributed by atoms with Crippen LogP contribution in [0.15, 0.2) is 22.5 Å². The molecule has 0 saturated heterocycles. The van der Waals surface area contributed by atoms with Gasteiger partial charge in [0.25, 0.3) is 0 Å². The minimum Gasteiger partial charge on any atom is -0.496 e. The SMILES string of the molecule is COc1ccc(C)cc1C(=O)CSc1nnc(N)s1. The molecule has 0 atom stereocenters. The fourth-order valence-electron chi connectivity index (χ4n) is 1.52. The molecular weight excluding hydrogens is 282 g/mol. The molecule has 1 aromatic carbocycles. The normalized spacial score (nSPS) is 10.4. The lowest BCUT2D eigenvalue weighted by molar-refractivity contribution is 0.101. The topological polar surface area (TPSA) is 78.1 Å². The molecule has 1 aromatic heterocycles. The lowest BCUT2D eigenvalue weighted by Crippen LogP contribution is -2.05. The minimum atomic E-state index is -0.000628.